The Morgan fingerprint density at radius 2 is 1.87 bits per heavy atom. The first-order valence-electron chi connectivity index (χ1n) is 14.4. The Kier molecular flexibility index (Phi) is 10.4. The van der Waals surface area contributed by atoms with Crippen molar-refractivity contribution in [3.8, 4) is 17.0 Å². The predicted molar refractivity (Wildman–Crippen MR) is 158 cm³/mol. The van der Waals surface area contributed by atoms with E-state index in [4.69, 9.17) is 23.5 Å². The largest absolute Gasteiger partial charge is 0.494 e. The number of methoxy groups -OCH3 is 1. The zero-order valence-electron chi connectivity index (χ0n) is 25.2. The summed E-state index contributed by atoms with van der Waals surface area (Å²) in [6, 6.07) is 6.94. The van der Waals surface area contributed by atoms with Crippen molar-refractivity contribution in [2.45, 2.75) is 25.6 Å². The summed E-state index contributed by atoms with van der Waals surface area (Å²) in [6.07, 6.45) is -0.0278. The minimum Gasteiger partial charge on any atom is -0.494 e. The van der Waals surface area contributed by atoms with Crippen molar-refractivity contribution in [2.24, 2.45) is 0 Å². The lowest BCUT2D eigenvalue weighted by molar-refractivity contribution is -0.148. The average molecular weight is 664 g/mol. The number of ether oxygens (including phenoxy) is 4. The second kappa shape index (κ2) is 14.6. The van der Waals surface area contributed by atoms with Gasteiger partial charge in [-0.1, -0.05) is 18.1 Å². The van der Waals surface area contributed by atoms with E-state index in [1.165, 1.54) is 65.6 Å². The van der Waals surface area contributed by atoms with Gasteiger partial charge in [0.1, 0.15) is 23.7 Å². The number of anilines is 2. The summed E-state index contributed by atoms with van der Waals surface area (Å²) >= 11 is 0. The van der Waals surface area contributed by atoms with Crippen LogP contribution in [0.5, 0.6) is 5.75 Å². The molecule has 1 unspecified atom stereocenters. The highest BCUT2D eigenvalue weighted by Crippen LogP contribution is 2.40. The number of esters is 1. The lowest BCUT2D eigenvalue weighted by Crippen LogP contribution is -2.29. The molecule has 4 aromatic rings. The third-order valence-corrected chi connectivity index (χ3v) is 6.88. The van der Waals surface area contributed by atoms with Gasteiger partial charge in [-0.25, -0.2) is 18.6 Å². The van der Waals surface area contributed by atoms with Gasteiger partial charge in [0, 0.05) is 24.9 Å². The maximum atomic E-state index is 14.5. The Bertz CT molecular complexity index is 1720. The number of hydrazine groups is 1. The van der Waals surface area contributed by atoms with Crippen molar-refractivity contribution in [2.75, 3.05) is 50.6 Å². The first-order chi connectivity index (χ1) is 22.6. The van der Waals surface area contributed by atoms with Gasteiger partial charge in [-0.15, -0.1) is 0 Å². The Morgan fingerprint density at radius 1 is 1.06 bits per heavy atom. The molecule has 0 saturated heterocycles. The van der Waals surface area contributed by atoms with Gasteiger partial charge in [0.2, 0.25) is 0 Å². The SMILES string of the molecule is CCCOc1ccc(-c2cc(C(C(=O)OCCOCCOC)n3cnc4c3C=CN(c3cccc(F)c3F)N4)on2)c(C(F)(F)F)c1. The summed E-state index contributed by atoms with van der Waals surface area (Å²) in [7, 11) is 1.51. The van der Waals surface area contributed by atoms with Crippen LogP contribution in [-0.4, -0.2) is 60.8 Å². The van der Waals surface area contributed by atoms with Gasteiger partial charge >= 0.3 is 12.1 Å². The summed E-state index contributed by atoms with van der Waals surface area (Å²) in [5.41, 5.74) is 1.51. The quantitative estimate of drug-likeness (QED) is 0.0946. The molecular weight excluding hydrogens is 633 g/mol. The van der Waals surface area contributed by atoms with E-state index in [-0.39, 0.29) is 60.7 Å². The van der Waals surface area contributed by atoms with Crippen LogP contribution in [0.4, 0.5) is 33.5 Å². The minimum absolute atomic E-state index is 0.0392. The fourth-order valence-electron chi connectivity index (χ4n) is 4.67. The van der Waals surface area contributed by atoms with Crippen molar-refractivity contribution < 1.29 is 50.2 Å². The van der Waals surface area contributed by atoms with E-state index >= 15 is 0 Å². The zero-order valence-corrected chi connectivity index (χ0v) is 25.2. The summed E-state index contributed by atoms with van der Waals surface area (Å²) in [5, 5.41) is 5.06. The smallest absolute Gasteiger partial charge is 0.417 e. The van der Waals surface area contributed by atoms with Crippen LogP contribution in [0.1, 0.15) is 36.4 Å². The number of hydrogen-bond donors (Lipinski definition) is 1. The molecule has 47 heavy (non-hydrogen) atoms. The number of hydrogen-bond acceptors (Lipinski definition) is 10. The molecule has 0 aliphatic carbocycles. The number of halogens is 5. The van der Waals surface area contributed by atoms with Crippen molar-refractivity contribution in [1.82, 2.24) is 14.7 Å². The second-order valence-corrected chi connectivity index (χ2v) is 10.1. The van der Waals surface area contributed by atoms with E-state index in [0.29, 0.717) is 18.7 Å². The molecular formula is C31H30F5N5O6. The number of aromatic nitrogens is 3. The number of nitrogens with zero attached hydrogens (tertiary/aromatic N) is 4. The van der Waals surface area contributed by atoms with E-state index in [1.807, 2.05) is 6.92 Å². The standard InChI is InChI=1S/C31H30F5N5O6/c1-3-11-45-19-7-8-20(21(16-19)31(34,35)36)23-17-26(47-39-23)28(30(42)46-15-14-44-13-12-43-2)40-18-37-29-25(40)9-10-41(38-29)24-6-4-5-22(32)27(24)33/h4-10,16-18,28,38H,3,11-15H2,1-2H3. The molecule has 0 saturated carbocycles. The molecule has 0 spiro atoms. The summed E-state index contributed by atoms with van der Waals surface area (Å²) in [4.78, 5) is 17.8. The molecule has 250 valence electrons. The third kappa shape index (κ3) is 7.55. The predicted octanol–water partition coefficient (Wildman–Crippen LogP) is 6.24. The topological polar surface area (TPSA) is 113 Å². The molecule has 5 rings (SSSR count). The lowest BCUT2D eigenvalue weighted by Gasteiger charge is -2.26. The number of nitrogens with one attached hydrogen (secondary N) is 1. The molecule has 0 fully saturated rings. The molecule has 2 aromatic heterocycles. The van der Waals surface area contributed by atoms with Gasteiger partial charge in [-0.05, 0) is 42.8 Å². The highest BCUT2D eigenvalue weighted by molar-refractivity contribution is 5.80. The van der Waals surface area contributed by atoms with Crippen LogP contribution in [0.25, 0.3) is 17.3 Å². The Labute approximate surface area is 265 Å². The number of rotatable bonds is 14. The highest BCUT2D eigenvalue weighted by Gasteiger charge is 2.37. The average Bonchev–Trinajstić information content (AvgIpc) is 3.70. The summed E-state index contributed by atoms with van der Waals surface area (Å²) in [6.45, 7) is 2.55. The zero-order chi connectivity index (χ0) is 33.6. The summed E-state index contributed by atoms with van der Waals surface area (Å²) in [5.74, 6) is -2.97. The first-order valence-corrected chi connectivity index (χ1v) is 14.4. The Balaban J connectivity index is 1.48. The van der Waals surface area contributed by atoms with Crippen LogP contribution < -0.4 is 15.2 Å². The normalized spacial score (nSPS) is 13.3. The van der Waals surface area contributed by atoms with Gasteiger partial charge in [0.05, 0.1) is 44.0 Å². The van der Waals surface area contributed by atoms with E-state index < -0.39 is 35.4 Å². The second-order valence-electron chi connectivity index (χ2n) is 10.1. The first kappa shape index (κ1) is 33.4. The van der Waals surface area contributed by atoms with E-state index in [1.54, 1.807) is 0 Å². The number of fused-ring (bicyclic) bond motifs is 1. The van der Waals surface area contributed by atoms with Gasteiger partial charge < -0.3 is 28.0 Å². The molecule has 1 aliphatic rings. The van der Waals surface area contributed by atoms with Crippen molar-refractivity contribution >= 4 is 23.6 Å². The Hall–Kier alpha value is -4.96. The maximum Gasteiger partial charge on any atom is 0.417 e. The molecule has 0 amide bonds. The van der Waals surface area contributed by atoms with Crippen molar-refractivity contribution in [3.63, 3.8) is 0 Å². The number of benzene rings is 2. The van der Waals surface area contributed by atoms with Gasteiger partial charge in [-0.3, -0.25) is 10.4 Å². The van der Waals surface area contributed by atoms with Gasteiger partial charge in [0.25, 0.3) is 0 Å². The summed E-state index contributed by atoms with van der Waals surface area (Å²) < 4.78 is 98.6. The number of alkyl halides is 3. The van der Waals surface area contributed by atoms with E-state index in [0.717, 1.165) is 12.1 Å². The molecule has 1 atom stereocenters. The van der Waals surface area contributed by atoms with Crippen LogP contribution in [0.15, 0.2) is 59.5 Å². The fourth-order valence-corrected chi connectivity index (χ4v) is 4.67. The number of carbonyl (C=O) groups is 1. The monoisotopic (exact) mass is 663 g/mol. The fraction of sp³-hybridized carbons (Fsp3) is 0.323. The highest BCUT2D eigenvalue weighted by atomic mass is 19.4. The molecule has 1 N–H and O–H groups in total. The number of imidazole rings is 1. The third-order valence-electron chi connectivity index (χ3n) is 6.88. The van der Waals surface area contributed by atoms with Crippen LogP contribution >= 0.6 is 0 Å². The van der Waals surface area contributed by atoms with Crippen molar-refractivity contribution in [3.05, 3.63) is 83.6 Å². The molecule has 11 nitrogen and oxygen atoms in total. The number of carbonyl (C=O) groups excluding carboxylic acids is 1. The van der Waals surface area contributed by atoms with Crippen LogP contribution in [0, 0.1) is 11.6 Å². The van der Waals surface area contributed by atoms with Crippen LogP contribution in [0.3, 0.4) is 0 Å². The molecule has 0 bridgehead atoms. The van der Waals surface area contributed by atoms with Gasteiger partial charge in [-0.2, -0.15) is 13.2 Å². The molecule has 3 heterocycles. The molecule has 2 aromatic carbocycles. The lowest BCUT2D eigenvalue weighted by atomic mass is 10.0. The maximum absolute atomic E-state index is 14.5. The van der Waals surface area contributed by atoms with E-state index in [9.17, 15) is 26.7 Å². The minimum atomic E-state index is -4.76. The van der Waals surface area contributed by atoms with Crippen molar-refractivity contribution in [1.29, 1.82) is 0 Å². The van der Waals surface area contributed by atoms with Gasteiger partial charge in [0.15, 0.2) is 29.3 Å². The van der Waals surface area contributed by atoms with Crippen LogP contribution in [0.2, 0.25) is 0 Å². The molecule has 0 radical (unpaired) electrons. The van der Waals surface area contributed by atoms with Crippen LogP contribution in [-0.2, 0) is 25.2 Å². The molecule has 16 heteroatoms. The molecule has 1 aliphatic heterocycles. The Morgan fingerprint density at radius 3 is 2.64 bits per heavy atom. The van der Waals surface area contributed by atoms with E-state index in [2.05, 4.69) is 15.6 Å².